The van der Waals surface area contributed by atoms with E-state index in [1.54, 1.807) is 43.5 Å². The molecule has 3 atom stereocenters. The van der Waals surface area contributed by atoms with Gasteiger partial charge in [0.05, 0.1) is 24.1 Å². The minimum atomic E-state index is -0.284. The number of rotatable bonds is 5. The van der Waals surface area contributed by atoms with E-state index in [2.05, 4.69) is 10.3 Å². The van der Waals surface area contributed by atoms with Crippen LogP contribution in [0.3, 0.4) is 0 Å². The third kappa shape index (κ3) is 6.65. The molecule has 9 heteroatoms. The van der Waals surface area contributed by atoms with Gasteiger partial charge in [0.2, 0.25) is 11.8 Å². The first-order valence-corrected chi connectivity index (χ1v) is 12.8. The molecule has 0 unspecified atom stereocenters. The van der Waals surface area contributed by atoms with E-state index in [4.69, 9.17) is 9.47 Å². The van der Waals surface area contributed by atoms with Crippen LogP contribution in [0.25, 0.3) is 0 Å². The summed E-state index contributed by atoms with van der Waals surface area (Å²) in [7, 11) is 3.34. The van der Waals surface area contributed by atoms with E-state index < -0.39 is 0 Å². The summed E-state index contributed by atoms with van der Waals surface area (Å²) >= 11 is 0. The van der Waals surface area contributed by atoms with Crippen molar-refractivity contribution in [3.05, 3.63) is 53.9 Å². The lowest BCUT2D eigenvalue weighted by atomic mass is 10.0. The van der Waals surface area contributed by atoms with Crippen molar-refractivity contribution in [3.63, 3.8) is 0 Å². The van der Waals surface area contributed by atoms with Crippen LogP contribution in [-0.2, 0) is 20.7 Å². The quantitative estimate of drug-likeness (QED) is 0.666. The Morgan fingerprint density at radius 2 is 1.95 bits per heavy atom. The fraction of sp³-hybridized carbons (Fsp3) is 0.500. The Bertz CT molecular complexity index is 1120. The first kappa shape index (κ1) is 26.6. The van der Waals surface area contributed by atoms with Crippen LogP contribution in [0.2, 0.25) is 0 Å². The van der Waals surface area contributed by atoms with Crippen molar-refractivity contribution in [2.75, 3.05) is 39.2 Å². The molecule has 9 nitrogen and oxygen atoms in total. The van der Waals surface area contributed by atoms with Crippen molar-refractivity contribution in [1.82, 2.24) is 14.8 Å². The molecule has 2 heterocycles. The SMILES string of the molecule is CO[C@H]1CN(C)C(=O)c2cc(NC(=O)C3CC3)ccc2OC[C@H](C)N(C(=O)Cc2ccccn2)C[C@H]1C. The van der Waals surface area contributed by atoms with Gasteiger partial charge in [0.25, 0.3) is 5.91 Å². The molecular formula is C28H36N4O5. The van der Waals surface area contributed by atoms with E-state index >= 15 is 0 Å². The van der Waals surface area contributed by atoms with Crippen LogP contribution in [0, 0.1) is 11.8 Å². The molecular weight excluding hydrogens is 472 g/mol. The third-order valence-corrected chi connectivity index (χ3v) is 7.04. The van der Waals surface area contributed by atoms with E-state index in [9.17, 15) is 14.4 Å². The standard InChI is InChI=1S/C28H36N4O5/c1-18-15-32(26(33)14-21-7-5-6-12-29-21)19(2)17-37-24-11-10-22(30-27(34)20-8-9-20)13-23(24)28(35)31(3)16-25(18)36-4/h5-7,10-13,18-20,25H,8-9,14-17H2,1-4H3,(H,30,34)/t18-,19+,25+/m1/s1. The summed E-state index contributed by atoms with van der Waals surface area (Å²) in [6.07, 6.45) is 3.37. The maximum Gasteiger partial charge on any atom is 0.257 e. The average Bonchev–Trinajstić information content (AvgIpc) is 3.74. The van der Waals surface area contributed by atoms with Crippen LogP contribution in [0.4, 0.5) is 5.69 Å². The maximum atomic E-state index is 13.5. The Morgan fingerprint density at radius 3 is 2.62 bits per heavy atom. The second-order valence-electron chi connectivity index (χ2n) is 10.1. The van der Waals surface area contributed by atoms with Crippen LogP contribution < -0.4 is 10.1 Å². The number of methoxy groups -OCH3 is 1. The minimum Gasteiger partial charge on any atom is -0.491 e. The van der Waals surface area contributed by atoms with Crippen molar-refractivity contribution in [3.8, 4) is 5.75 Å². The van der Waals surface area contributed by atoms with Gasteiger partial charge in [-0.15, -0.1) is 0 Å². The zero-order valence-corrected chi connectivity index (χ0v) is 22.0. The molecule has 1 aliphatic heterocycles. The topological polar surface area (TPSA) is 101 Å². The molecule has 1 saturated carbocycles. The maximum absolute atomic E-state index is 13.5. The number of carbonyl (C=O) groups is 3. The Kier molecular flexibility index (Phi) is 8.43. The number of amides is 3. The number of anilines is 1. The summed E-state index contributed by atoms with van der Waals surface area (Å²) in [5.41, 5.74) is 1.63. The van der Waals surface area contributed by atoms with Crippen LogP contribution >= 0.6 is 0 Å². The molecule has 4 rings (SSSR count). The van der Waals surface area contributed by atoms with Gasteiger partial charge in [0, 0.05) is 56.7 Å². The van der Waals surface area contributed by atoms with Gasteiger partial charge in [0.15, 0.2) is 0 Å². The van der Waals surface area contributed by atoms with Crippen LogP contribution in [0.1, 0.15) is 42.7 Å². The first-order chi connectivity index (χ1) is 17.8. The molecule has 0 spiro atoms. The summed E-state index contributed by atoms with van der Waals surface area (Å²) in [6, 6.07) is 10.4. The molecule has 1 aliphatic carbocycles. The molecule has 2 aliphatic rings. The van der Waals surface area contributed by atoms with Crippen molar-refractivity contribution in [1.29, 1.82) is 0 Å². The number of hydrogen-bond donors (Lipinski definition) is 1. The van der Waals surface area contributed by atoms with Gasteiger partial charge in [-0.25, -0.2) is 0 Å². The predicted molar refractivity (Wildman–Crippen MR) is 139 cm³/mol. The molecule has 3 amide bonds. The van der Waals surface area contributed by atoms with Gasteiger partial charge < -0.3 is 24.6 Å². The van der Waals surface area contributed by atoms with Gasteiger partial charge >= 0.3 is 0 Å². The summed E-state index contributed by atoms with van der Waals surface area (Å²) in [4.78, 5) is 46.9. The number of ether oxygens (including phenoxy) is 2. The molecule has 37 heavy (non-hydrogen) atoms. The minimum absolute atomic E-state index is 0.0289. The fourth-order valence-electron chi connectivity index (χ4n) is 4.55. The molecule has 2 aromatic rings. The van der Waals surface area contributed by atoms with E-state index in [1.165, 1.54) is 0 Å². The molecule has 0 radical (unpaired) electrons. The zero-order chi connectivity index (χ0) is 26.5. The van der Waals surface area contributed by atoms with Gasteiger partial charge in [-0.05, 0) is 50.1 Å². The number of likely N-dealkylation sites (N-methyl/N-ethyl adjacent to an activating group) is 1. The molecule has 1 aromatic heterocycles. The van der Waals surface area contributed by atoms with Crippen LogP contribution in [-0.4, -0.2) is 78.5 Å². The highest BCUT2D eigenvalue weighted by molar-refractivity contribution is 6.00. The largest absolute Gasteiger partial charge is 0.491 e. The van der Waals surface area contributed by atoms with E-state index in [-0.39, 0.29) is 54.7 Å². The lowest BCUT2D eigenvalue weighted by molar-refractivity contribution is -0.134. The Morgan fingerprint density at radius 1 is 1.16 bits per heavy atom. The van der Waals surface area contributed by atoms with Gasteiger partial charge in [-0.1, -0.05) is 13.0 Å². The summed E-state index contributed by atoms with van der Waals surface area (Å²) < 4.78 is 11.9. The average molecular weight is 509 g/mol. The smallest absolute Gasteiger partial charge is 0.257 e. The Hall–Kier alpha value is -3.46. The Labute approximate surface area is 218 Å². The highest BCUT2D eigenvalue weighted by Crippen LogP contribution is 2.31. The molecule has 1 aromatic carbocycles. The summed E-state index contributed by atoms with van der Waals surface area (Å²) in [6.45, 7) is 4.96. The molecule has 198 valence electrons. The van der Waals surface area contributed by atoms with Crippen molar-refractivity contribution < 1.29 is 23.9 Å². The van der Waals surface area contributed by atoms with Crippen molar-refractivity contribution in [2.45, 2.75) is 45.3 Å². The number of fused-ring (bicyclic) bond motifs is 1. The van der Waals surface area contributed by atoms with Gasteiger partial charge in [-0.3, -0.25) is 19.4 Å². The summed E-state index contributed by atoms with van der Waals surface area (Å²) in [5.74, 6) is 0.125. The van der Waals surface area contributed by atoms with Crippen LogP contribution in [0.15, 0.2) is 42.6 Å². The number of aromatic nitrogens is 1. The van der Waals surface area contributed by atoms with E-state index in [0.717, 1.165) is 12.8 Å². The zero-order valence-electron chi connectivity index (χ0n) is 22.0. The van der Waals surface area contributed by atoms with E-state index in [0.29, 0.717) is 35.8 Å². The number of nitrogens with one attached hydrogen (secondary N) is 1. The second kappa shape index (κ2) is 11.7. The molecule has 0 saturated heterocycles. The highest BCUT2D eigenvalue weighted by atomic mass is 16.5. The lowest BCUT2D eigenvalue weighted by Crippen LogP contribution is -2.49. The van der Waals surface area contributed by atoms with Gasteiger partial charge in [-0.2, -0.15) is 0 Å². The van der Waals surface area contributed by atoms with Crippen molar-refractivity contribution >= 4 is 23.4 Å². The number of hydrogen-bond acceptors (Lipinski definition) is 6. The predicted octanol–water partition coefficient (Wildman–Crippen LogP) is 3.01. The monoisotopic (exact) mass is 508 g/mol. The normalized spacial score (nSPS) is 22.8. The van der Waals surface area contributed by atoms with Crippen molar-refractivity contribution in [2.24, 2.45) is 11.8 Å². The fourth-order valence-corrected chi connectivity index (χ4v) is 4.55. The number of pyridine rings is 1. The molecule has 1 fully saturated rings. The molecule has 0 bridgehead atoms. The number of carbonyl (C=O) groups excluding carboxylic acids is 3. The lowest BCUT2D eigenvalue weighted by Gasteiger charge is -2.36. The highest BCUT2D eigenvalue weighted by Gasteiger charge is 2.32. The second-order valence-corrected chi connectivity index (χ2v) is 10.1. The number of benzene rings is 1. The number of nitrogens with zero attached hydrogens (tertiary/aromatic N) is 3. The summed E-state index contributed by atoms with van der Waals surface area (Å²) in [5, 5.41) is 2.91. The first-order valence-electron chi connectivity index (χ1n) is 12.8. The van der Waals surface area contributed by atoms with Crippen LogP contribution in [0.5, 0.6) is 5.75 Å². The Balaban J connectivity index is 1.61. The van der Waals surface area contributed by atoms with Gasteiger partial charge in [0.1, 0.15) is 12.4 Å². The third-order valence-electron chi connectivity index (χ3n) is 7.04. The van der Waals surface area contributed by atoms with E-state index in [1.807, 2.05) is 36.9 Å². The molecule has 1 N–H and O–H groups in total.